The molecule has 1 rings (SSSR count). The van der Waals surface area contributed by atoms with Gasteiger partial charge in [0.15, 0.2) is 0 Å². The Bertz CT molecular complexity index is 236. The molecule has 1 aliphatic heterocycles. The molecule has 100 valence electrons. The molecule has 5 nitrogen and oxygen atoms in total. The predicted molar refractivity (Wildman–Crippen MR) is 67.5 cm³/mol. The molecule has 1 heterocycles. The summed E-state index contributed by atoms with van der Waals surface area (Å²) in [5.74, 6) is -0.210. The number of likely N-dealkylation sites (tertiary alicyclic amines) is 1. The van der Waals surface area contributed by atoms with E-state index in [0.717, 1.165) is 38.6 Å². The molecule has 1 aliphatic rings. The maximum absolute atomic E-state index is 11.5. The number of nitrogens with zero attached hydrogens (tertiary/aromatic N) is 1. The van der Waals surface area contributed by atoms with Gasteiger partial charge in [-0.2, -0.15) is 0 Å². The first-order chi connectivity index (χ1) is 8.20. The Kier molecular flexibility index (Phi) is 6.47. The van der Waals surface area contributed by atoms with Gasteiger partial charge in [-0.05, 0) is 38.8 Å². The minimum Gasteiger partial charge on any atom is -0.383 e. The summed E-state index contributed by atoms with van der Waals surface area (Å²) in [5.41, 5.74) is 11.0. The summed E-state index contributed by atoms with van der Waals surface area (Å²) in [6, 6.07) is 0.142. The van der Waals surface area contributed by atoms with E-state index >= 15 is 0 Å². The van der Waals surface area contributed by atoms with Crippen molar-refractivity contribution in [3.05, 3.63) is 0 Å². The van der Waals surface area contributed by atoms with Crippen LogP contribution in [0, 0.1) is 0 Å². The van der Waals surface area contributed by atoms with E-state index in [1.807, 2.05) is 0 Å². The summed E-state index contributed by atoms with van der Waals surface area (Å²) in [7, 11) is 1.69. The molecule has 1 saturated heterocycles. The van der Waals surface area contributed by atoms with Crippen molar-refractivity contribution in [2.24, 2.45) is 11.5 Å². The molecule has 2 unspecified atom stereocenters. The van der Waals surface area contributed by atoms with Gasteiger partial charge >= 0.3 is 0 Å². The lowest BCUT2D eigenvalue weighted by molar-refractivity contribution is -0.126. The van der Waals surface area contributed by atoms with Crippen LogP contribution in [0.5, 0.6) is 0 Å². The molecular formula is C12H25N3O2. The first kappa shape index (κ1) is 14.4. The molecule has 0 aromatic carbocycles. The number of methoxy groups -OCH3 is 1. The van der Waals surface area contributed by atoms with Crippen molar-refractivity contribution in [3.8, 4) is 0 Å². The first-order valence-corrected chi connectivity index (χ1v) is 6.44. The molecule has 0 aromatic rings. The number of hydrogen-bond donors (Lipinski definition) is 2. The van der Waals surface area contributed by atoms with Crippen LogP contribution in [0.2, 0.25) is 0 Å². The highest BCUT2D eigenvalue weighted by Crippen LogP contribution is 2.21. The zero-order chi connectivity index (χ0) is 12.7. The number of primary amides is 1. The van der Waals surface area contributed by atoms with E-state index in [2.05, 4.69) is 4.90 Å². The summed E-state index contributed by atoms with van der Waals surface area (Å²) in [6.45, 7) is 2.26. The molecule has 5 heteroatoms. The third-order valence-corrected chi connectivity index (χ3v) is 3.44. The summed E-state index contributed by atoms with van der Waals surface area (Å²) in [5, 5.41) is 0. The SMILES string of the molecule is COCC(CCCN)N1CCCCC1C(N)=O. The van der Waals surface area contributed by atoms with Crippen molar-refractivity contribution in [2.75, 3.05) is 26.8 Å². The Hall–Kier alpha value is -0.650. The quantitative estimate of drug-likeness (QED) is 0.663. The van der Waals surface area contributed by atoms with Crippen LogP contribution in [0.15, 0.2) is 0 Å². The minimum absolute atomic E-state index is 0.123. The standard InChI is InChI=1S/C12H25N3O2/c1-17-9-10(5-4-7-13)15-8-3-2-6-11(15)12(14)16/h10-11H,2-9,13H2,1H3,(H2,14,16). The molecule has 0 aliphatic carbocycles. The van der Waals surface area contributed by atoms with Crippen LogP contribution >= 0.6 is 0 Å². The van der Waals surface area contributed by atoms with Gasteiger partial charge in [-0.3, -0.25) is 9.69 Å². The van der Waals surface area contributed by atoms with Crippen LogP contribution in [0.4, 0.5) is 0 Å². The minimum atomic E-state index is -0.210. The van der Waals surface area contributed by atoms with Crippen molar-refractivity contribution in [3.63, 3.8) is 0 Å². The number of ether oxygens (including phenoxy) is 1. The summed E-state index contributed by atoms with van der Waals surface area (Å²) in [6.07, 6.45) is 5.01. The van der Waals surface area contributed by atoms with E-state index in [9.17, 15) is 4.79 Å². The summed E-state index contributed by atoms with van der Waals surface area (Å²) < 4.78 is 5.25. The fourth-order valence-electron chi connectivity index (χ4n) is 2.59. The number of amides is 1. The van der Waals surface area contributed by atoms with E-state index in [1.165, 1.54) is 0 Å². The molecule has 0 saturated carbocycles. The third-order valence-electron chi connectivity index (χ3n) is 3.44. The molecule has 0 spiro atoms. The van der Waals surface area contributed by atoms with Crippen LogP contribution in [-0.2, 0) is 9.53 Å². The first-order valence-electron chi connectivity index (χ1n) is 6.44. The molecule has 0 bridgehead atoms. The second-order valence-corrected chi connectivity index (χ2v) is 4.69. The molecule has 1 fully saturated rings. The fraction of sp³-hybridized carbons (Fsp3) is 0.917. The molecular weight excluding hydrogens is 218 g/mol. The van der Waals surface area contributed by atoms with Crippen molar-refractivity contribution in [1.29, 1.82) is 0 Å². The lowest BCUT2D eigenvalue weighted by Crippen LogP contribution is -2.53. The van der Waals surface area contributed by atoms with Gasteiger partial charge in [-0.1, -0.05) is 6.42 Å². The molecule has 4 N–H and O–H groups in total. The van der Waals surface area contributed by atoms with Gasteiger partial charge in [-0.25, -0.2) is 0 Å². The number of piperidine rings is 1. The average Bonchev–Trinajstić information content (AvgIpc) is 2.34. The van der Waals surface area contributed by atoms with Gasteiger partial charge in [0.25, 0.3) is 0 Å². The van der Waals surface area contributed by atoms with E-state index < -0.39 is 0 Å². The summed E-state index contributed by atoms with van der Waals surface area (Å²) >= 11 is 0. The number of hydrogen-bond acceptors (Lipinski definition) is 4. The Morgan fingerprint density at radius 3 is 2.88 bits per heavy atom. The lowest BCUT2D eigenvalue weighted by Gasteiger charge is -2.39. The number of carbonyl (C=O) groups is 1. The summed E-state index contributed by atoms with van der Waals surface area (Å²) in [4.78, 5) is 13.7. The van der Waals surface area contributed by atoms with Crippen molar-refractivity contribution >= 4 is 5.91 Å². The Labute approximate surface area is 103 Å². The van der Waals surface area contributed by atoms with Crippen LogP contribution in [0.25, 0.3) is 0 Å². The van der Waals surface area contributed by atoms with Crippen molar-refractivity contribution < 1.29 is 9.53 Å². The van der Waals surface area contributed by atoms with E-state index in [1.54, 1.807) is 7.11 Å². The van der Waals surface area contributed by atoms with Crippen LogP contribution in [-0.4, -0.2) is 49.7 Å². The highest BCUT2D eigenvalue weighted by Gasteiger charge is 2.31. The van der Waals surface area contributed by atoms with Crippen molar-refractivity contribution in [2.45, 2.75) is 44.2 Å². The topological polar surface area (TPSA) is 81.6 Å². The van der Waals surface area contributed by atoms with Gasteiger partial charge in [0.05, 0.1) is 12.6 Å². The zero-order valence-electron chi connectivity index (χ0n) is 10.7. The third kappa shape index (κ3) is 4.26. The maximum Gasteiger partial charge on any atom is 0.234 e. The maximum atomic E-state index is 11.5. The average molecular weight is 243 g/mol. The highest BCUT2D eigenvalue weighted by atomic mass is 16.5. The normalized spacial score (nSPS) is 23.5. The largest absolute Gasteiger partial charge is 0.383 e. The Balaban J connectivity index is 2.63. The Morgan fingerprint density at radius 2 is 2.29 bits per heavy atom. The van der Waals surface area contributed by atoms with E-state index in [4.69, 9.17) is 16.2 Å². The molecule has 0 aromatic heterocycles. The Morgan fingerprint density at radius 1 is 1.53 bits per heavy atom. The molecule has 0 radical (unpaired) electrons. The van der Waals surface area contributed by atoms with Crippen LogP contribution in [0.3, 0.4) is 0 Å². The van der Waals surface area contributed by atoms with Gasteiger partial charge < -0.3 is 16.2 Å². The van der Waals surface area contributed by atoms with Gasteiger partial charge in [0.2, 0.25) is 5.91 Å². The zero-order valence-corrected chi connectivity index (χ0v) is 10.7. The van der Waals surface area contributed by atoms with E-state index in [-0.39, 0.29) is 18.0 Å². The fourth-order valence-corrected chi connectivity index (χ4v) is 2.59. The number of carbonyl (C=O) groups excluding carboxylic acids is 1. The lowest BCUT2D eigenvalue weighted by atomic mass is 9.97. The monoisotopic (exact) mass is 243 g/mol. The second kappa shape index (κ2) is 7.63. The molecule has 2 atom stereocenters. The number of nitrogens with two attached hydrogens (primary N) is 2. The van der Waals surface area contributed by atoms with Crippen molar-refractivity contribution in [1.82, 2.24) is 4.90 Å². The van der Waals surface area contributed by atoms with Gasteiger partial charge in [0.1, 0.15) is 0 Å². The molecule has 17 heavy (non-hydrogen) atoms. The predicted octanol–water partition coefficient (Wildman–Crippen LogP) is 0.0801. The highest BCUT2D eigenvalue weighted by molar-refractivity contribution is 5.80. The van der Waals surface area contributed by atoms with E-state index in [0.29, 0.717) is 13.2 Å². The van der Waals surface area contributed by atoms with Crippen LogP contribution in [0.1, 0.15) is 32.1 Å². The smallest absolute Gasteiger partial charge is 0.234 e. The van der Waals surface area contributed by atoms with Crippen LogP contribution < -0.4 is 11.5 Å². The second-order valence-electron chi connectivity index (χ2n) is 4.69. The molecule has 1 amide bonds. The number of rotatable bonds is 7. The van der Waals surface area contributed by atoms with Gasteiger partial charge in [-0.15, -0.1) is 0 Å². The van der Waals surface area contributed by atoms with Gasteiger partial charge in [0, 0.05) is 13.2 Å².